The molecule has 0 spiro atoms. The zero-order chi connectivity index (χ0) is 11.8. The molecule has 0 saturated carbocycles. The number of rotatable bonds is 2. The molecule has 0 amide bonds. The van der Waals surface area contributed by atoms with Crippen molar-refractivity contribution in [3.8, 4) is 0 Å². The minimum atomic E-state index is -4.47. The normalized spacial score (nSPS) is 11.8. The van der Waals surface area contributed by atoms with E-state index in [2.05, 4.69) is 4.33 Å². The van der Waals surface area contributed by atoms with Gasteiger partial charge in [-0.3, -0.25) is 0 Å². The van der Waals surface area contributed by atoms with E-state index in [4.69, 9.17) is 9.67 Å². The quantitative estimate of drug-likeness (QED) is 0.479. The first kappa shape index (κ1) is 10.8. The van der Waals surface area contributed by atoms with E-state index in [1.807, 2.05) is 0 Å². The van der Waals surface area contributed by atoms with Gasteiger partial charge in [-0.25, -0.2) is 10.1 Å². The minimum absolute atomic E-state index is 0.254. The average Bonchev–Trinajstić information content (AvgIpc) is 2.28. The molecule has 0 radical (unpaired) electrons. The summed E-state index contributed by atoms with van der Waals surface area (Å²) in [6, 6.07) is 7.45. The van der Waals surface area contributed by atoms with Gasteiger partial charge in [0, 0.05) is 5.39 Å². The van der Waals surface area contributed by atoms with E-state index >= 15 is 0 Å². The van der Waals surface area contributed by atoms with Gasteiger partial charge in [0.05, 0.1) is 0 Å². The van der Waals surface area contributed by atoms with E-state index in [0.29, 0.717) is 5.39 Å². The van der Waals surface area contributed by atoms with Crippen LogP contribution in [0.1, 0.15) is 0 Å². The van der Waals surface area contributed by atoms with Crippen molar-refractivity contribution < 1.29 is 22.4 Å². The Balaban J connectivity index is 2.83. The predicted molar refractivity (Wildman–Crippen MR) is 53.4 cm³/mol. The van der Waals surface area contributed by atoms with E-state index in [-0.39, 0.29) is 5.58 Å². The SMILES string of the molecule is O=c1oc2ccccc2cc1S(=O)(=O)OO. The van der Waals surface area contributed by atoms with Gasteiger partial charge >= 0.3 is 15.7 Å². The summed E-state index contributed by atoms with van der Waals surface area (Å²) in [5.74, 6) is 0. The molecule has 0 aliphatic rings. The van der Waals surface area contributed by atoms with Crippen molar-refractivity contribution in [1.29, 1.82) is 0 Å². The maximum absolute atomic E-state index is 11.3. The molecule has 6 nitrogen and oxygen atoms in total. The summed E-state index contributed by atoms with van der Waals surface area (Å²) in [4.78, 5) is 10.6. The first-order valence-corrected chi connectivity index (χ1v) is 5.56. The third kappa shape index (κ3) is 1.71. The zero-order valence-electron chi connectivity index (χ0n) is 7.78. The van der Waals surface area contributed by atoms with Crippen LogP contribution in [0.5, 0.6) is 0 Å². The Morgan fingerprint density at radius 3 is 2.62 bits per heavy atom. The molecule has 1 aromatic carbocycles. The number of para-hydroxylation sites is 1. The van der Waals surface area contributed by atoms with E-state index in [1.54, 1.807) is 18.2 Å². The molecule has 0 unspecified atom stereocenters. The van der Waals surface area contributed by atoms with Gasteiger partial charge in [0.15, 0.2) is 4.90 Å². The molecule has 0 saturated heterocycles. The van der Waals surface area contributed by atoms with Gasteiger partial charge in [0.25, 0.3) is 0 Å². The molecule has 0 aliphatic carbocycles. The highest BCUT2D eigenvalue weighted by atomic mass is 32.2. The molecule has 2 aromatic rings. The van der Waals surface area contributed by atoms with Crippen LogP contribution in [0, 0.1) is 0 Å². The average molecular weight is 242 g/mol. The second-order valence-electron chi connectivity index (χ2n) is 2.96. The van der Waals surface area contributed by atoms with Crippen molar-refractivity contribution in [3.63, 3.8) is 0 Å². The van der Waals surface area contributed by atoms with E-state index in [0.717, 1.165) is 6.07 Å². The first-order valence-electron chi connectivity index (χ1n) is 4.15. The molecule has 84 valence electrons. The summed E-state index contributed by atoms with van der Waals surface area (Å²) in [5, 5.41) is 8.59. The number of fused-ring (bicyclic) bond motifs is 1. The molecule has 1 N–H and O–H groups in total. The van der Waals surface area contributed by atoms with Crippen molar-refractivity contribution in [2.45, 2.75) is 4.90 Å². The summed E-state index contributed by atoms with van der Waals surface area (Å²) < 4.78 is 30.3. The highest BCUT2D eigenvalue weighted by Gasteiger charge is 2.21. The lowest BCUT2D eigenvalue weighted by atomic mass is 10.2. The van der Waals surface area contributed by atoms with Gasteiger partial charge < -0.3 is 4.42 Å². The molecule has 1 heterocycles. The van der Waals surface area contributed by atoms with Crippen LogP contribution >= 0.6 is 0 Å². The Hall–Kier alpha value is -1.70. The first-order chi connectivity index (χ1) is 7.54. The summed E-state index contributed by atoms with van der Waals surface area (Å²) in [7, 11) is -4.47. The van der Waals surface area contributed by atoms with Gasteiger partial charge in [-0.2, -0.15) is 8.42 Å². The number of hydrogen-bond donors (Lipinski definition) is 1. The Labute approximate surface area is 89.8 Å². The second-order valence-corrected chi connectivity index (χ2v) is 4.46. The van der Waals surface area contributed by atoms with Crippen molar-refractivity contribution in [2.75, 3.05) is 0 Å². The largest absolute Gasteiger partial charge is 0.422 e. The summed E-state index contributed by atoms with van der Waals surface area (Å²) >= 11 is 0. The Morgan fingerprint density at radius 1 is 1.25 bits per heavy atom. The summed E-state index contributed by atoms with van der Waals surface area (Å²) in [5.41, 5.74) is -0.836. The Kier molecular flexibility index (Phi) is 2.50. The van der Waals surface area contributed by atoms with Gasteiger partial charge in [0.1, 0.15) is 5.58 Å². The lowest BCUT2D eigenvalue weighted by Gasteiger charge is -1.99. The Morgan fingerprint density at radius 2 is 1.94 bits per heavy atom. The monoisotopic (exact) mass is 242 g/mol. The molecule has 0 bridgehead atoms. The topological polar surface area (TPSA) is 93.8 Å². The van der Waals surface area contributed by atoms with Gasteiger partial charge in [-0.15, -0.1) is 4.33 Å². The molecular weight excluding hydrogens is 236 g/mol. The summed E-state index contributed by atoms with van der Waals surface area (Å²) in [6.45, 7) is 0. The maximum Gasteiger partial charge on any atom is 0.357 e. The molecule has 2 rings (SSSR count). The molecule has 1 aromatic heterocycles. The van der Waals surface area contributed by atoms with Gasteiger partial charge in [-0.05, 0) is 12.1 Å². The fraction of sp³-hybridized carbons (Fsp3) is 0. The van der Waals surface area contributed by atoms with Crippen molar-refractivity contribution >= 4 is 21.1 Å². The van der Waals surface area contributed by atoms with Crippen LogP contribution in [-0.4, -0.2) is 13.7 Å². The van der Waals surface area contributed by atoms with Crippen molar-refractivity contribution in [2.24, 2.45) is 0 Å². The van der Waals surface area contributed by atoms with Crippen LogP contribution in [0.25, 0.3) is 11.0 Å². The zero-order valence-corrected chi connectivity index (χ0v) is 8.60. The van der Waals surface area contributed by atoms with Gasteiger partial charge in [0.2, 0.25) is 0 Å². The smallest absolute Gasteiger partial charge is 0.357 e. The minimum Gasteiger partial charge on any atom is -0.422 e. The fourth-order valence-electron chi connectivity index (χ4n) is 1.26. The van der Waals surface area contributed by atoms with Gasteiger partial charge in [-0.1, -0.05) is 18.2 Å². The van der Waals surface area contributed by atoms with E-state index < -0.39 is 20.6 Å². The van der Waals surface area contributed by atoms with E-state index in [9.17, 15) is 13.2 Å². The van der Waals surface area contributed by atoms with E-state index in [1.165, 1.54) is 6.07 Å². The maximum atomic E-state index is 11.3. The van der Waals surface area contributed by atoms with Crippen molar-refractivity contribution in [1.82, 2.24) is 0 Å². The highest BCUT2D eigenvalue weighted by Crippen LogP contribution is 2.16. The standard InChI is InChI=1S/C9H6O6S/c10-9-8(16(12,13)15-11)5-6-3-1-2-4-7(6)14-9/h1-5,11H. The third-order valence-corrected chi connectivity index (χ3v) is 3.00. The second kappa shape index (κ2) is 3.71. The van der Waals surface area contributed by atoms with Crippen LogP contribution in [-0.2, 0) is 14.5 Å². The lowest BCUT2D eigenvalue weighted by Crippen LogP contribution is -2.15. The van der Waals surface area contributed by atoms with Crippen LogP contribution in [0.3, 0.4) is 0 Å². The molecule has 0 atom stereocenters. The van der Waals surface area contributed by atoms with Crippen LogP contribution < -0.4 is 5.63 Å². The molecule has 0 aliphatic heterocycles. The number of benzene rings is 1. The fourth-order valence-corrected chi connectivity index (χ4v) is 1.85. The summed E-state index contributed by atoms with van der Waals surface area (Å²) in [6.07, 6.45) is 0. The molecular formula is C9H6O6S. The Bertz CT molecular complexity index is 684. The third-order valence-electron chi connectivity index (χ3n) is 1.98. The van der Waals surface area contributed by atoms with Crippen LogP contribution in [0.4, 0.5) is 0 Å². The van der Waals surface area contributed by atoms with Crippen molar-refractivity contribution in [3.05, 3.63) is 40.8 Å². The number of hydrogen-bond acceptors (Lipinski definition) is 6. The molecule has 7 heteroatoms. The molecule has 0 fully saturated rings. The lowest BCUT2D eigenvalue weighted by molar-refractivity contribution is -0.130. The van der Waals surface area contributed by atoms with Crippen LogP contribution in [0.2, 0.25) is 0 Å². The highest BCUT2D eigenvalue weighted by molar-refractivity contribution is 7.86. The molecule has 16 heavy (non-hydrogen) atoms. The predicted octanol–water partition coefficient (Wildman–Crippen LogP) is 0.971. The van der Waals surface area contributed by atoms with Crippen LogP contribution in [0.15, 0.2) is 44.4 Å².